The van der Waals surface area contributed by atoms with Gasteiger partial charge in [-0.05, 0) is 41.1 Å². The number of nitrogens with zero attached hydrogens (tertiary/aromatic N) is 1. The van der Waals surface area contributed by atoms with E-state index in [0.29, 0.717) is 16.4 Å². The van der Waals surface area contributed by atoms with Gasteiger partial charge in [0.25, 0.3) is 0 Å². The van der Waals surface area contributed by atoms with Gasteiger partial charge in [0.15, 0.2) is 0 Å². The standard InChI is InChI=1S/C11H10BrNO3/c1-2-13-8-4-3-7(12)10(14)6(8)5-9(13)11(15)16/h3-5,14H,2H2,1H3,(H,15,16). The van der Waals surface area contributed by atoms with Gasteiger partial charge in [-0.3, -0.25) is 0 Å². The molecule has 0 bridgehead atoms. The number of aromatic carboxylic acids is 1. The molecule has 0 fully saturated rings. The van der Waals surface area contributed by atoms with Gasteiger partial charge in [0.1, 0.15) is 11.4 Å². The molecular weight excluding hydrogens is 274 g/mol. The zero-order chi connectivity index (χ0) is 11.9. The van der Waals surface area contributed by atoms with Gasteiger partial charge >= 0.3 is 5.97 Å². The Labute approximate surface area is 100 Å². The highest BCUT2D eigenvalue weighted by Crippen LogP contribution is 2.34. The van der Waals surface area contributed by atoms with E-state index < -0.39 is 5.97 Å². The van der Waals surface area contributed by atoms with Crippen molar-refractivity contribution in [3.8, 4) is 5.75 Å². The lowest BCUT2D eigenvalue weighted by Gasteiger charge is -2.04. The van der Waals surface area contributed by atoms with Gasteiger partial charge in [-0.15, -0.1) is 0 Å². The summed E-state index contributed by atoms with van der Waals surface area (Å²) in [7, 11) is 0. The van der Waals surface area contributed by atoms with Crippen LogP contribution in [0, 0.1) is 0 Å². The molecule has 16 heavy (non-hydrogen) atoms. The molecule has 4 nitrogen and oxygen atoms in total. The number of aryl methyl sites for hydroxylation is 1. The third-order valence-corrected chi connectivity index (χ3v) is 3.18. The second-order valence-electron chi connectivity index (χ2n) is 3.41. The van der Waals surface area contributed by atoms with Crippen molar-refractivity contribution < 1.29 is 15.0 Å². The molecule has 0 unspecified atom stereocenters. The molecule has 0 saturated carbocycles. The SMILES string of the molecule is CCn1c(C(=O)O)cc2c(O)c(Br)ccc21. The third-order valence-electron chi connectivity index (χ3n) is 2.54. The summed E-state index contributed by atoms with van der Waals surface area (Å²) >= 11 is 3.20. The summed E-state index contributed by atoms with van der Waals surface area (Å²) in [5.74, 6) is -0.916. The van der Waals surface area contributed by atoms with Crippen LogP contribution < -0.4 is 0 Å². The van der Waals surface area contributed by atoms with Gasteiger partial charge in [0, 0.05) is 11.9 Å². The summed E-state index contributed by atoms with van der Waals surface area (Å²) in [6.45, 7) is 2.41. The number of carbonyl (C=O) groups is 1. The second kappa shape index (κ2) is 3.83. The van der Waals surface area contributed by atoms with Crippen LogP contribution in [0.15, 0.2) is 22.7 Å². The number of carboxylic acid groups (broad SMARTS) is 1. The number of aromatic hydroxyl groups is 1. The average molecular weight is 284 g/mol. The van der Waals surface area contributed by atoms with Gasteiger partial charge in [-0.25, -0.2) is 4.79 Å². The van der Waals surface area contributed by atoms with Crippen LogP contribution in [-0.2, 0) is 6.54 Å². The predicted molar refractivity (Wildman–Crippen MR) is 63.9 cm³/mol. The fourth-order valence-corrected chi connectivity index (χ4v) is 2.16. The van der Waals surface area contributed by atoms with E-state index in [-0.39, 0.29) is 11.4 Å². The van der Waals surface area contributed by atoms with Crippen molar-refractivity contribution >= 4 is 32.8 Å². The first-order valence-electron chi connectivity index (χ1n) is 4.80. The number of hydrogen-bond donors (Lipinski definition) is 2. The normalized spacial score (nSPS) is 10.9. The Kier molecular flexibility index (Phi) is 2.63. The number of halogens is 1. The molecule has 1 heterocycles. The zero-order valence-electron chi connectivity index (χ0n) is 8.57. The minimum absolute atomic E-state index is 0.0761. The average Bonchev–Trinajstić information content (AvgIpc) is 2.62. The molecule has 5 heteroatoms. The maximum Gasteiger partial charge on any atom is 0.352 e. The molecule has 0 atom stereocenters. The minimum atomic E-state index is -0.992. The largest absolute Gasteiger partial charge is 0.506 e. The van der Waals surface area contributed by atoms with Crippen LogP contribution in [0.2, 0.25) is 0 Å². The van der Waals surface area contributed by atoms with Crippen LogP contribution in [0.25, 0.3) is 10.9 Å². The quantitative estimate of drug-likeness (QED) is 0.891. The van der Waals surface area contributed by atoms with Gasteiger partial charge in [0.05, 0.1) is 9.99 Å². The monoisotopic (exact) mass is 283 g/mol. The van der Waals surface area contributed by atoms with Crippen molar-refractivity contribution in [1.29, 1.82) is 0 Å². The van der Waals surface area contributed by atoms with E-state index in [2.05, 4.69) is 15.9 Å². The van der Waals surface area contributed by atoms with E-state index in [1.165, 1.54) is 6.07 Å². The molecule has 0 aliphatic heterocycles. The summed E-state index contributed by atoms with van der Waals surface area (Å²) in [5, 5.41) is 19.4. The zero-order valence-corrected chi connectivity index (χ0v) is 10.2. The predicted octanol–water partition coefficient (Wildman–Crippen LogP) is 2.83. The first-order valence-corrected chi connectivity index (χ1v) is 5.59. The molecule has 0 aliphatic rings. The van der Waals surface area contributed by atoms with Crippen molar-refractivity contribution in [3.05, 3.63) is 28.4 Å². The third kappa shape index (κ3) is 1.48. The van der Waals surface area contributed by atoms with Crippen LogP contribution >= 0.6 is 15.9 Å². The van der Waals surface area contributed by atoms with Crippen LogP contribution in [0.5, 0.6) is 5.75 Å². The molecule has 2 aromatic rings. The summed E-state index contributed by atoms with van der Waals surface area (Å²) in [5.41, 5.74) is 0.909. The lowest BCUT2D eigenvalue weighted by Crippen LogP contribution is -2.06. The number of aromatic nitrogens is 1. The van der Waals surface area contributed by atoms with Crippen molar-refractivity contribution in [2.24, 2.45) is 0 Å². The number of rotatable bonds is 2. The number of carboxylic acids is 1. The molecule has 1 aromatic heterocycles. The van der Waals surface area contributed by atoms with E-state index in [1.807, 2.05) is 6.92 Å². The fourth-order valence-electron chi connectivity index (χ4n) is 1.81. The minimum Gasteiger partial charge on any atom is -0.506 e. The Hall–Kier alpha value is -1.49. The van der Waals surface area contributed by atoms with Crippen LogP contribution in [-0.4, -0.2) is 20.7 Å². The van der Waals surface area contributed by atoms with Crippen molar-refractivity contribution in [2.45, 2.75) is 13.5 Å². The first kappa shape index (κ1) is 11.0. The highest BCUT2D eigenvalue weighted by Gasteiger charge is 2.16. The summed E-state index contributed by atoms with van der Waals surface area (Å²) in [6.07, 6.45) is 0. The van der Waals surface area contributed by atoms with Gasteiger partial charge < -0.3 is 14.8 Å². The van der Waals surface area contributed by atoms with E-state index in [9.17, 15) is 9.90 Å². The smallest absolute Gasteiger partial charge is 0.352 e. The van der Waals surface area contributed by atoms with Crippen LogP contribution in [0.1, 0.15) is 17.4 Å². The van der Waals surface area contributed by atoms with E-state index in [4.69, 9.17) is 5.11 Å². The number of fused-ring (bicyclic) bond motifs is 1. The van der Waals surface area contributed by atoms with Crippen molar-refractivity contribution in [3.63, 3.8) is 0 Å². The Balaban J connectivity index is 2.87. The number of benzene rings is 1. The van der Waals surface area contributed by atoms with Gasteiger partial charge in [-0.1, -0.05) is 0 Å². The highest BCUT2D eigenvalue weighted by atomic mass is 79.9. The maximum absolute atomic E-state index is 11.0. The Morgan fingerprint density at radius 3 is 2.75 bits per heavy atom. The summed E-state index contributed by atoms with van der Waals surface area (Å²) in [6, 6.07) is 4.98. The molecule has 2 N–H and O–H groups in total. The van der Waals surface area contributed by atoms with Crippen LogP contribution in [0.4, 0.5) is 0 Å². The van der Waals surface area contributed by atoms with Gasteiger partial charge in [0.2, 0.25) is 0 Å². The topological polar surface area (TPSA) is 62.5 Å². The molecule has 84 valence electrons. The highest BCUT2D eigenvalue weighted by molar-refractivity contribution is 9.10. The fraction of sp³-hybridized carbons (Fsp3) is 0.182. The molecule has 0 saturated heterocycles. The lowest BCUT2D eigenvalue weighted by molar-refractivity contribution is 0.0686. The first-order chi connectivity index (χ1) is 7.56. The van der Waals surface area contributed by atoms with E-state index in [0.717, 1.165) is 5.52 Å². The molecule has 2 rings (SSSR count). The van der Waals surface area contributed by atoms with E-state index >= 15 is 0 Å². The van der Waals surface area contributed by atoms with Crippen LogP contribution in [0.3, 0.4) is 0 Å². The molecular formula is C11H10BrNO3. The van der Waals surface area contributed by atoms with Gasteiger partial charge in [-0.2, -0.15) is 0 Å². The summed E-state index contributed by atoms with van der Waals surface area (Å²) < 4.78 is 2.22. The van der Waals surface area contributed by atoms with Crippen molar-refractivity contribution in [1.82, 2.24) is 4.57 Å². The Bertz CT molecular complexity index is 574. The van der Waals surface area contributed by atoms with E-state index in [1.54, 1.807) is 16.7 Å². The maximum atomic E-state index is 11.0. The molecule has 1 aromatic carbocycles. The second-order valence-corrected chi connectivity index (χ2v) is 4.26. The Morgan fingerprint density at radius 1 is 1.50 bits per heavy atom. The lowest BCUT2D eigenvalue weighted by atomic mass is 10.2. The Morgan fingerprint density at radius 2 is 2.19 bits per heavy atom. The number of hydrogen-bond acceptors (Lipinski definition) is 2. The number of phenolic OH excluding ortho intramolecular Hbond substituents is 1. The molecule has 0 radical (unpaired) electrons. The molecule has 0 amide bonds. The molecule has 0 spiro atoms. The van der Waals surface area contributed by atoms with Crippen molar-refractivity contribution in [2.75, 3.05) is 0 Å². The number of phenols is 1. The summed E-state index contributed by atoms with van der Waals surface area (Å²) in [4.78, 5) is 11.0. The molecule has 0 aliphatic carbocycles.